The molecule has 0 amide bonds. The Morgan fingerprint density at radius 1 is 0.900 bits per heavy atom. The number of fused-ring (bicyclic) bond motifs is 1. The zero-order chi connectivity index (χ0) is 22.4. The maximum absolute atomic E-state index is 13.0. The van der Waals surface area contributed by atoms with E-state index < -0.39 is 29.2 Å². The number of anilines is 2. The Kier molecular flexibility index (Phi) is 5.33. The SMILES string of the molecule is Cc1nn(C)c2c(C(C)C)cc(NNc3cc(C(F)(F)F)cc(C(F)(F)F)c3)nc12. The maximum Gasteiger partial charge on any atom is 0.416 e. The van der Waals surface area contributed by atoms with Crippen LogP contribution in [0.5, 0.6) is 0 Å². The largest absolute Gasteiger partial charge is 0.416 e. The number of rotatable bonds is 4. The van der Waals surface area contributed by atoms with E-state index in [0.29, 0.717) is 23.3 Å². The number of nitrogens with one attached hydrogen (secondary N) is 2. The highest BCUT2D eigenvalue weighted by atomic mass is 19.4. The molecular weight excluding hydrogens is 412 g/mol. The normalized spacial score (nSPS) is 12.6. The third kappa shape index (κ3) is 4.29. The third-order valence-corrected chi connectivity index (χ3v) is 4.53. The number of hydrogen-bond acceptors (Lipinski definition) is 4. The highest BCUT2D eigenvalue weighted by Gasteiger charge is 2.37. The number of aryl methyl sites for hydroxylation is 2. The van der Waals surface area contributed by atoms with Gasteiger partial charge in [-0.25, -0.2) is 4.98 Å². The molecule has 0 saturated carbocycles. The molecule has 0 fully saturated rings. The van der Waals surface area contributed by atoms with Crippen molar-refractivity contribution < 1.29 is 26.3 Å². The molecule has 0 aliphatic rings. The first-order valence-electron chi connectivity index (χ1n) is 8.93. The van der Waals surface area contributed by atoms with Gasteiger partial charge >= 0.3 is 12.4 Å². The number of alkyl halides is 6. The van der Waals surface area contributed by atoms with Crippen LogP contribution in [0.15, 0.2) is 24.3 Å². The van der Waals surface area contributed by atoms with Gasteiger partial charge in [0, 0.05) is 7.05 Å². The van der Waals surface area contributed by atoms with E-state index in [1.54, 1.807) is 24.7 Å². The van der Waals surface area contributed by atoms with Crippen molar-refractivity contribution in [3.8, 4) is 0 Å². The van der Waals surface area contributed by atoms with Crippen molar-refractivity contribution in [1.82, 2.24) is 14.8 Å². The number of nitrogens with zero attached hydrogens (tertiary/aromatic N) is 3. The third-order valence-electron chi connectivity index (χ3n) is 4.53. The van der Waals surface area contributed by atoms with Crippen LogP contribution in [0.3, 0.4) is 0 Å². The van der Waals surface area contributed by atoms with Gasteiger partial charge in [0.2, 0.25) is 0 Å². The molecule has 2 heterocycles. The molecule has 2 aromatic heterocycles. The van der Waals surface area contributed by atoms with Crippen LogP contribution in [-0.4, -0.2) is 14.8 Å². The second-order valence-corrected chi connectivity index (χ2v) is 7.20. The Morgan fingerprint density at radius 3 is 1.97 bits per heavy atom. The van der Waals surface area contributed by atoms with Crippen LogP contribution in [0.1, 0.15) is 42.1 Å². The molecule has 1 aromatic carbocycles. The molecule has 0 bridgehead atoms. The summed E-state index contributed by atoms with van der Waals surface area (Å²) in [6.45, 7) is 5.67. The van der Waals surface area contributed by atoms with Crippen molar-refractivity contribution in [3.05, 3.63) is 46.6 Å². The summed E-state index contributed by atoms with van der Waals surface area (Å²) in [5, 5.41) is 4.33. The van der Waals surface area contributed by atoms with E-state index in [0.717, 1.165) is 11.1 Å². The second kappa shape index (κ2) is 7.37. The van der Waals surface area contributed by atoms with Crippen LogP contribution >= 0.6 is 0 Å². The van der Waals surface area contributed by atoms with Gasteiger partial charge in [-0.2, -0.15) is 31.4 Å². The summed E-state index contributed by atoms with van der Waals surface area (Å²) in [5.41, 5.74) is 4.74. The minimum atomic E-state index is -4.92. The van der Waals surface area contributed by atoms with E-state index in [2.05, 4.69) is 20.9 Å². The average molecular weight is 431 g/mol. The van der Waals surface area contributed by atoms with Crippen LogP contribution < -0.4 is 10.9 Å². The predicted octanol–water partition coefficient (Wildman–Crippen LogP) is 5.88. The second-order valence-electron chi connectivity index (χ2n) is 7.20. The number of hydrazine groups is 1. The Bertz CT molecular complexity index is 1050. The minimum absolute atomic E-state index is 0.0748. The number of pyridine rings is 1. The number of benzene rings is 1. The minimum Gasteiger partial charge on any atom is -0.300 e. The highest BCUT2D eigenvalue weighted by Crippen LogP contribution is 2.37. The maximum atomic E-state index is 13.0. The summed E-state index contributed by atoms with van der Waals surface area (Å²) in [6, 6.07) is 2.95. The lowest BCUT2D eigenvalue weighted by Crippen LogP contribution is -2.15. The summed E-state index contributed by atoms with van der Waals surface area (Å²) in [5.74, 6) is 0.324. The van der Waals surface area contributed by atoms with Crippen molar-refractivity contribution in [3.63, 3.8) is 0 Å². The van der Waals surface area contributed by atoms with Crippen molar-refractivity contribution >= 4 is 22.5 Å². The van der Waals surface area contributed by atoms with E-state index in [1.807, 2.05) is 13.8 Å². The fourth-order valence-electron chi connectivity index (χ4n) is 3.14. The van der Waals surface area contributed by atoms with Gasteiger partial charge in [-0.15, -0.1) is 0 Å². The molecule has 0 spiro atoms. The summed E-state index contributed by atoms with van der Waals surface area (Å²) < 4.78 is 79.8. The monoisotopic (exact) mass is 431 g/mol. The lowest BCUT2D eigenvalue weighted by Gasteiger charge is -2.17. The van der Waals surface area contributed by atoms with Crippen LogP contribution in [0.25, 0.3) is 11.0 Å². The van der Waals surface area contributed by atoms with Crippen LogP contribution in [0.4, 0.5) is 37.8 Å². The molecule has 162 valence electrons. The molecule has 0 aliphatic heterocycles. The standard InChI is InChI=1S/C19H19F6N5/c1-9(2)14-8-15(26-16-10(3)29-30(4)17(14)16)28-27-13-6-11(18(20,21)22)5-12(7-13)19(23,24)25/h5-9,27H,1-4H3,(H,26,28). The van der Waals surface area contributed by atoms with Crippen LogP contribution in [-0.2, 0) is 19.4 Å². The van der Waals surface area contributed by atoms with E-state index >= 15 is 0 Å². The van der Waals surface area contributed by atoms with E-state index in [9.17, 15) is 26.3 Å². The van der Waals surface area contributed by atoms with E-state index in [1.165, 1.54) is 0 Å². The topological polar surface area (TPSA) is 54.8 Å². The lowest BCUT2D eigenvalue weighted by molar-refractivity contribution is -0.143. The molecule has 0 radical (unpaired) electrons. The number of hydrogen-bond donors (Lipinski definition) is 2. The molecule has 11 heteroatoms. The molecule has 0 saturated heterocycles. The molecule has 3 rings (SSSR count). The zero-order valence-electron chi connectivity index (χ0n) is 16.5. The zero-order valence-corrected chi connectivity index (χ0v) is 16.5. The first-order valence-corrected chi connectivity index (χ1v) is 8.93. The highest BCUT2D eigenvalue weighted by molar-refractivity contribution is 5.83. The van der Waals surface area contributed by atoms with Crippen LogP contribution in [0, 0.1) is 6.92 Å². The first-order chi connectivity index (χ1) is 13.8. The molecule has 30 heavy (non-hydrogen) atoms. The van der Waals surface area contributed by atoms with Crippen molar-refractivity contribution in [2.75, 3.05) is 10.9 Å². The smallest absolute Gasteiger partial charge is 0.300 e. The van der Waals surface area contributed by atoms with Gasteiger partial charge in [0.25, 0.3) is 0 Å². The summed E-state index contributed by atoms with van der Waals surface area (Å²) >= 11 is 0. The van der Waals surface area contributed by atoms with Gasteiger partial charge < -0.3 is 0 Å². The molecule has 0 aliphatic carbocycles. The lowest BCUT2D eigenvalue weighted by atomic mass is 10.0. The number of aromatic nitrogens is 3. The van der Waals surface area contributed by atoms with Gasteiger partial charge in [0.1, 0.15) is 11.3 Å². The van der Waals surface area contributed by atoms with Gasteiger partial charge in [-0.3, -0.25) is 15.5 Å². The van der Waals surface area contributed by atoms with Gasteiger partial charge in [0.05, 0.1) is 28.0 Å². The fraction of sp³-hybridized carbons (Fsp3) is 0.368. The van der Waals surface area contributed by atoms with E-state index in [4.69, 9.17) is 0 Å². The quantitative estimate of drug-likeness (QED) is 0.400. The first kappa shape index (κ1) is 21.7. The number of halogens is 6. The Balaban J connectivity index is 1.99. The molecule has 3 aromatic rings. The summed E-state index contributed by atoms with van der Waals surface area (Å²) in [7, 11) is 1.77. The van der Waals surface area contributed by atoms with Gasteiger partial charge in [0.15, 0.2) is 0 Å². The van der Waals surface area contributed by atoms with Gasteiger partial charge in [-0.1, -0.05) is 13.8 Å². The summed E-state index contributed by atoms with van der Waals surface area (Å²) in [4.78, 5) is 4.39. The van der Waals surface area contributed by atoms with Crippen molar-refractivity contribution in [1.29, 1.82) is 0 Å². The molecular formula is C19H19F6N5. The predicted molar refractivity (Wildman–Crippen MR) is 101 cm³/mol. The van der Waals surface area contributed by atoms with Crippen LogP contribution in [0.2, 0.25) is 0 Å². The summed E-state index contributed by atoms with van der Waals surface area (Å²) in [6.07, 6.45) is -9.85. The van der Waals surface area contributed by atoms with Gasteiger partial charge in [-0.05, 0) is 42.7 Å². The molecule has 2 N–H and O–H groups in total. The molecule has 0 atom stereocenters. The molecule has 5 nitrogen and oxygen atoms in total. The van der Waals surface area contributed by atoms with E-state index in [-0.39, 0.29) is 17.8 Å². The fourth-order valence-corrected chi connectivity index (χ4v) is 3.14. The molecule has 0 unspecified atom stereocenters. The Morgan fingerprint density at radius 2 is 1.47 bits per heavy atom. The Labute approximate surface area is 168 Å². The Hall–Kier alpha value is -2.98. The van der Waals surface area contributed by atoms with Crippen molar-refractivity contribution in [2.45, 2.75) is 39.0 Å². The average Bonchev–Trinajstić information content (AvgIpc) is 2.91. The van der Waals surface area contributed by atoms with Crippen molar-refractivity contribution in [2.24, 2.45) is 7.05 Å².